The van der Waals surface area contributed by atoms with Crippen molar-refractivity contribution in [3.63, 3.8) is 0 Å². The first-order valence-corrected chi connectivity index (χ1v) is 6.20. The Morgan fingerprint density at radius 2 is 2.12 bits per heavy atom. The normalized spacial score (nSPS) is 12.6. The first-order chi connectivity index (χ1) is 7.56. The van der Waals surface area contributed by atoms with E-state index < -0.39 is 0 Å². The summed E-state index contributed by atoms with van der Waals surface area (Å²) in [6, 6.07) is 6.09. The molecule has 0 aliphatic carbocycles. The van der Waals surface area contributed by atoms with Crippen LogP contribution < -0.4 is 10.6 Å². The zero-order chi connectivity index (χ0) is 12.1. The molecule has 0 radical (unpaired) electrons. The van der Waals surface area contributed by atoms with Gasteiger partial charge in [0.05, 0.1) is 0 Å². The summed E-state index contributed by atoms with van der Waals surface area (Å²) in [7, 11) is 2.09. The first-order valence-electron chi connectivity index (χ1n) is 5.82. The van der Waals surface area contributed by atoms with E-state index in [-0.39, 0.29) is 6.04 Å². The SMILES string of the molecule is CCCCN(C)c1ccc(C(C)N)c(Cl)c1. The second kappa shape index (κ2) is 6.12. The Labute approximate surface area is 103 Å². The number of halogens is 1. The smallest absolute Gasteiger partial charge is 0.0474 e. The average molecular weight is 241 g/mol. The van der Waals surface area contributed by atoms with E-state index in [0.717, 1.165) is 22.8 Å². The van der Waals surface area contributed by atoms with Gasteiger partial charge in [0.15, 0.2) is 0 Å². The van der Waals surface area contributed by atoms with E-state index in [2.05, 4.69) is 24.9 Å². The van der Waals surface area contributed by atoms with Crippen molar-refractivity contribution in [2.24, 2.45) is 5.73 Å². The lowest BCUT2D eigenvalue weighted by molar-refractivity contribution is 0.765. The van der Waals surface area contributed by atoms with E-state index in [1.54, 1.807) is 0 Å². The highest BCUT2D eigenvalue weighted by Gasteiger charge is 2.07. The Balaban J connectivity index is 2.80. The monoisotopic (exact) mass is 240 g/mol. The maximum absolute atomic E-state index is 6.20. The van der Waals surface area contributed by atoms with Crippen molar-refractivity contribution in [1.29, 1.82) is 0 Å². The number of nitrogens with two attached hydrogens (primary N) is 1. The van der Waals surface area contributed by atoms with E-state index in [1.807, 2.05) is 19.1 Å². The van der Waals surface area contributed by atoms with Crippen LogP contribution in [0.5, 0.6) is 0 Å². The van der Waals surface area contributed by atoms with E-state index >= 15 is 0 Å². The van der Waals surface area contributed by atoms with Crippen molar-refractivity contribution in [3.8, 4) is 0 Å². The lowest BCUT2D eigenvalue weighted by atomic mass is 10.1. The molecular weight excluding hydrogens is 220 g/mol. The van der Waals surface area contributed by atoms with Crippen LogP contribution in [0, 0.1) is 0 Å². The van der Waals surface area contributed by atoms with Crippen molar-refractivity contribution >= 4 is 17.3 Å². The first kappa shape index (κ1) is 13.3. The predicted molar refractivity (Wildman–Crippen MR) is 72.2 cm³/mol. The third-order valence-corrected chi connectivity index (χ3v) is 3.09. The molecule has 1 rings (SSSR count). The van der Waals surface area contributed by atoms with Crippen LogP contribution in [0.25, 0.3) is 0 Å². The predicted octanol–water partition coefficient (Wildman–Crippen LogP) is 3.60. The Morgan fingerprint density at radius 3 is 2.62 bits per heavy atom. The summed E-state index contributed by atoms with van der Waals surface area (Å²) in [5, 5.41) is 0.760. The molecule has 2 nitrogen and oxygen atoms in total. The number of rotatable bonds is 5. The van der Waals surface area contributed by atoms with Crippen LogP contribution in [0.2, 0.25) is 5.02 Å². The Bertz CT molecular complexity index is 337. The Kier molecular flexibility index (Phi) is 5.10. The third kappa shape index (κ3) is 3.39. The number of unbranched alkanes of at least 4 members (excludes halogenated alkanes) is 1. The summed E-state index contributed by atoms with van der Waals surface area (Å²) in [5.74, 6) is 0. The van der Waals surface area contributed by atoms with Crippen LogP contribution in [-0.4, -0.2) is 13.6 Å². The third-order valence-electron chi connectivity index (χ3n) is 2.76. The van der Waals surface area contributed by atoms with Gasteiger partial charge < -0.3 is 10.6 Å². The van der Waals surface area contributed by atoms with Crippen LogP contribution in [-0.2, 0) is 0 Å². The molecule has 3 heteroatoms. The Hall–Kier alpha value is -0.730. The molecule has 1 unspecified atom stereocenters. The van der Waals surface area contributed by atoms with Crippen LogP contribution in [0.3, 0.4) is 0 Å². The summed E-state index contributed by atoms with van der Waals surface area (Å²) in [6.45, 7) is 5.20. The number of hydrogen-bond donors (Lipinski definition) is 1. The maximum atomic E-state index is 6.20. The summed E-state index contributed by atoms with van der Waals surface area (Å²) in [5.41, 5.74) is 7.99. The highest BCUT2D eigenvalue weighted by atomic mass is 35.5. The van der Waals surface area contributed by atoms with Crippen molar-refractivity contribution in [3.05, 3.63) is 28.8 Å². The van der Waals surface area contributed by atoms with Crippen LogP contribution in [0.1, 0.15) is 38.3 Å². The largest absolute Gasteiger partial charge is 0.375 e. The number of anilines is 1. The fraction of sp³-hybridized carbons (Fsp3) is 0.538. The molecule has 90 valence electrons. The van der Waals surface area contributed by atoms with Gasteiger partial charge in [-0.05, 0) is 31.0 Å². The van der Waals surface area contributed by atoms with Crippen molar-refractivity contribution < 1.29 is 0 Å². The Morgan fingerprint density at radius 1 is 1.44 bits per heavy atom. The summed E-state index contributed by atoms with van der Waals surface area (Å²) in [4.78, 5) is 2.22. The summed E-state index contributed by atoms with van der Waals surface area (Å²) in [6.07, 6.45) is 2.40. The zero-order valence-corrected chi connectivity index (χ0v) is 11.1. The van der Waals surface area contributed by atoms with E-state index in [1.165, 1.54) is 12.8 Å². The summed E-state index contributed by atoms with van der Waals surface area (Å²) >= 11 is 6.20. The lowest BCUT2D eigenvalue weighted by Gasteiger charge is -2.20. The standard InChI is InChI=1S/C13H21ClN2/c1-4-5-8-16(3)11-6-7-12(10(2)15)13(14)9-11/h6-7,9-10H,4-5,8,15H2,1-3H3. The van der Waals surface area contributed by atoms with E-state index in [9.17, 15) is 0 Å². The molecule has 0 aliphatic heterocycles. The van der Waals surface area contributed by atoms with Crippen molar-refractivity contribution in [1.82, 2.24) is 0 Å². The molecule has 0 saturated carbocycles. The van der Waals surface area contributed by atoms with Gasteiger partial charge in [-0.2, -0.15) is 0 Å². The fourth-order valence-electron chi connectivity index (χ4n) is 1.65. The molecule has 0 heterocycles. The van der Waals surface area contributed by atoms with Crippen LogP contribution in [0.4, 0.5) is 5.69 Å². The van der Waals surface area contributed by atoms with Gasteiger partial charge in [0, 0.05) is 30.3 Å². The minimum atomic E-state index is -0.0116. The minimum Gasteiger partial charge on any atom is -0.375 e. The second-order valence-electron chi connectivity index (χ2n) is 4.27. The molecule has 1 aromatic rings. The van der Waals surface area contributed by atoms with Gasteiger partial charge in [-0.3, -0.25) is 0 Å². The lowest BCUT2D eigenvalue weighted by Crippen LogP contribution is -2.18. The van der Waals surface area contributed by atoms with E-state index in [4.69, 9.17) is 17.3 Å². The molecule has 0 spiro atoms. The van der Waals surface area contributed by atoms with Gasteiger partial charge >= 0.3 is 0 Å². The van der Waals surface area contributed by atoms with E-state index in [0.29, 0.717) is 0 Å². The van der Waals surface area contributed by atoms with Crippen LogP contribution >= 0.6 is 11.6 Å². The molecular formula is C13H21ClN2. The highest BCUT2D eigenvalue weighted by Crippen LogP contribution is 2.26. The molecule has 0 bridgehead atoms. The van der Waals surface area contributed by atoms with Crippen LogP contribution in [0.15, 0.2) is 18.2 Å². The number of benzene rings is 1. The van der Waals surface area contributed by atoms with Gasteiger partial charge in [-0.1, -0.05) is 31.0 Å². The molecule has 1 aromatic carbocycles. The number of nitrogens with zero attached hydrogens (tertiary/aromatic N) is 1. The average Bonchev–Trinajstić information content (AvgIpc) is 2.25. The maximum Gasteiger partial charge on any atom is 0.0474 e. The van der Waals surface area contributed by atoms with Gasteiger partial charge in [-0.25, -0.2) is 0 Å². The molecule has 0 saturated heterocycles. The quantitative estimate of drug-likeness (QED) is 0.852. The van der Waals surface area contributed by atoms with Gasteiger partial charge in [-0.15, -0.1) is 0 Å². The summed E-state index contributed by atoms with van der Waals surface area (Å²) < 4.78 is 0. The van der Waals surface area contributed by atoms with Crippen molar-refractivity contribution in [2.45, 2.75) is 32.7 Å². The second-order valence-corrected chi connectivity index (χ2v) is 4.68. The topological polar surface area (TPSA) is 29.3 Å². The highest BCUT2D eigenvalue weighted by molar-refractivity contribution is 6.31. The molecule has 1 atom stereocenters. The molecule has 0 aliphatic rings. The molecule has 0 fully saturated rings. The van der Waals surface area contributed by atoms with Gasteiger partial charge in [0.1, 0.15) is 0 Å². The molecule has 2 N–H and O–H groups in total. The molecule has 0 amide bonds. The molecule has 0 aromatic heterocycles. The van der Waals surface area contributed by atoms with Crippen molar-refractivity contribution in [2.75, 3.05) is 18.5 Å². The molecule has 16 heavy (non-hydrogen) atoms. The minimum absolute atomic E-state index is 0.0116. The zero-order valence-electron chi connectivity index (χ0n) is 10.3. The van der Waals surface area contributed by atoms with Gasteiger partial charge in [0.25, 0.3) is 0 Å². The number of hydrogen-bond acceptors (Lipinski definition) is 2. The van der Waals surface area contributed by atoms with Gasteiger partial charge in [0.2, 0.25) is 0 Å². The fourth-order valence-corrected chi connectivity index (χ4v) is 1.99.